The Hall–Kier alpha value is 0.270. The van der Waals surface area contributed by atoms with Gasteiger partial charge < -0.3 is 5.32 Å². The van der Waals surface area contributed by atoms with E-state index in [0.717, 1.165) is 23.1 Å². The van der Waals surface area contributed by atoms with E-state index in [9.17, 15) is 0 Å². The molecular formula is C15H30N2S. The van der Waals surface area contributed by atoms with Gasteiger partial charge in [0.15, 0.2) is 0 Å². The number of nitrogens with one attached hydrogen (secondary N) is 1. The maximum absolute atomic E-state index is 3.77. The molecule has 0 radical (unpaired) electrons. The van der Waals surface area contributed by atoms with Gasteiger partial charge in [-0.15, -0.1) is 0 Å². The smallest absolute Gasteiger partial charge is 0.0249 e. The quantitative estimate of drug-likeness (QED) is 0.799. The second-order valence-corrected chi connectivity index (χ2v) is 8.26. The van der Waals surface area contributed by atoms with Gasteiger partial charge in [-0.05, 0) is 29.9 Å². The Bertz CT molecular complexity index is 251. The average Bonchev–Trinajstić information content (AvgIpc) is 3.12. The number of rotatable bonds is 6. The lowest BCUT2D eigenvalue weighted by atomic mass is 9.97. The lowest BCUT2D eigenvalue weighted by Gasteiger charge is -2.42. The first-order chi connectivity index (χ1) is 8.58. The van der Waals surface area contributed by atoms with Gasteiger partial charge in [0.25, 0.3) is 0 Å². The van der Waals surface area contributed by atoms with E-state index in [0.29, 0.717) is 6.04 Å². The van der Waals surface area contributed by atoms with Gasteiger partial charge >= 0.3 is 0 Å². The highest BCUT2D eigenvalue weighted by atomic mass is 32.2. The highest BCUT2D eigenvalue weighted by molar-refractivity contribution is 7.99. The summed E-state index contributed by atoms with van der Waals surface area (Å²) in [5, 5.41) is 4.54. The predicted molar refractivity (Wildman–Crippen MR) is 82.3 cm³/mol. The number of thioether (sulfide) groups is 1. The molecule has 1 saturated heterocycles. The first-order valence-electron chi connectivity index (χ1n) is 7.67. The van der Waals surface area contributed by atoms with Crippen LogP contribution in [0.4, 0.5) is 0 Å². The van der Waals surface area contributed by atoms with Crippen LogP contribution in [0.2, 0.25) is 0 Å². The molecule has 2 fully saturated rings. The van der Waals surface area contributed by atoms with Gasteiger partial charge in [0.05, 0.1) is 0 Å². The van der Waals surface area contributed by atoms with Gasteiger partial charge in [-0.3, -0.25) is 4.90 Å². The Morgan fingerprint density at radius 2 is 1.94 bits per heavy atom. The molecule has 1 heterocycles. The number of nitrogens with zero attached hydrogens (tertiary/aromatic N) is 1. The topological polar surface area (TPSA) is 15.3 Å². The SMILES string of the molecule is CC(C)SCCN1CC(C(C)C)NCC1C1CC1. The van der Waals surface area contributed by atoms with E-state index in [1.807, 2.05) is 0 Å². The summed E-state index contributed by atoms with van der Waals surface area (Å²) in [7, 11) is 0. The van der Waals surface area contributed by atoms with Crippen molar-refractivity contribution in [3.8, 4) is 0 Å². The molecule has 2 unspecified atom stereocenters. The molecule has 2 rings (SSSR count). The van der Waals surface area contributed by atoms with Crippen molar-refractivity contribution in [3.63, 3.8) is 0 Å². The van der Waals surface area contributed by atoms with E-state index in [4.69, 9.17) is 0 Å². The standard InChI is InChI=1S/C15H30N2S/c1-11(2)14-10-17(7-8-18-12(3)4)15(9-16-14)13-5-6-13/h11-16H,5-10H2,1-4H3. The number of piperazine rings is 1. The second-order valence-electron chi connectivity index (χ2n) is 6.58. The number of hydrogen-bond donors (Lipinski definition) is 1. The van der Waals surface area contributed by atoms with Gasteiger partial charge in [-0.1, -0.05) is 27.7 Å². The van der Waals surface area contributed by atoms with Crippen molar-refractivity contribution in [1.29, 1.82) is 0 Å². The van der Waals surface area contributed by atoms with Crippen LogP contribution in [0.25, 0.3) is 0 Å². The average molecular weight is 270 g/mol. The summed E-state index contributed by atoms with van der Waals surface area (Å²) in [4.78, 5) is 2.79. The van der Waals surface area contributed by atoms with Crippen molar-refractivity contribution < 1.29 is 0 Å². The number of hydrogen-bond acceptors (Lipinski definition) is 3. The van der Waals surface area contributed by atoms with E-state index >= 15 is 0 Å². The van der Waals surface area contributed by atoms with Crippen molar-refractivity contribution in [3.05, 3.63) is 0 Å². The molecule has 0 bridgehead atoms. The highest BCUT2D eigenvalue weighted by Crippen LogP contribution is 2.36. The maximum Gasteiger partial charge on any atom is 0.0249 e. The van der Waals surface area contributed by atoms with E-state index in [-0.39, 0.29) is 0 Å². The third kappa shape index (κ3) is 4.14. The van der Waals surface area contributed by atoms with Crippen molar-refractivity contribution in [2.75, 3.05) is 25.4 Å². The molecular weight excluding hydrogens is 240 g/mol. The summed E-state index contributed by atoms with van der Waals surface area (Å²) in [6.07, 6.45) is 2.93. The molecule has 1 aliphatic carbocycles. The van der Waals surface area contributed by atoms with Crippen LogP contribution in [0.15, 0.2) is 0 Å². The fourth-order valence-electron chi connectivity index (χ4n) is 2.91. The molecule has 1 N–H and O–H groups in total. The largest absolute Gasteiger partial charge is 0.311 e. The predicted octanol–water partition coefficient (Wildman–Crippen LogP) is 2.84. The minimum Gasteiger partial charge on any atom is -0.311 e. The summed E-state index contributed by atoms with van der Waals surface area (Å²) in [5.74, 6) is 3.05. The molecule has 0 aromatic carbocycles. The van der Waals surface area contributed by atoms with Gasteiger partial charge in [0.1, 0.15) is 0 Å². The van der Waals surface area contributed by atoms with Crippen LogP contribution < -0.4 is 5.32 Å². The van der Waals surface area contributed by atoms with Gasteiger partial charge in [-0.25, -0.2) is 0 Å². The molecule has 2 atom stereocenters. The van der Waals surface area contributed by atoms with Gasteiger partial charge in [-0.2, -0.15) is 11.8 Å². The normalized spacial score (nSPS) is 30.3. The molecule has 0 amide bonds. The van der Waals surface area contributed by atoms with Crippen LogP contribution in [0.5, 0.6) is 0 Å². The summed E-state index contributed by atoms with van der Waals surface area (Å²) in [6, 6.07) is 1.52. The summed E-state index contributed by atoms with van der Waals surface area (Å²) >= 11 is 2.11. The zero-order chi connectivity index (χ0) is 13.1. The van der Waals surface area contributed by atoms with Crippen LogP contribution in [-0.2, 0) is 0 Å². The maximum atomic E-state index is 3.77. The Morgan fingerprint density at radius 1 is 1.22 bits per heavy atom. The second kappa shape index (κ2) is 6.62. The molecule has 1 aliphatic heterocycles. The molecule has 106 valence electrons. The van der Waals surface area contributed by atoms with Crippen LogP contribution >= 0.6 is 11.8 Å². The fraction of sp³-hybridized carbons (Fsp3) is 1.00. The van der Waals surface area contributed by atoms with Crippen LogP contribution in [0, 0.1) is 11.8 Å². The summed E-state index contributed by atoms with van der Waals surface area (Å²) < 4.78 is 0. The molecule has 0 aromatic heterocycles. The van der Waals surface area contributed by atoms with Gasteiger partial charge in [0, 0.05) is 37.5 Å². The highest BCUT2D eigenvalue weighted by Gasteiger charge is 2.38. The van der Waals surface area contributed by atoms with Crippen molar-refractivity contribution in [2.45, 2.75) is 57.9 Å². The molecule has 18 heavy (non-hydrogen) atoms. The summed E-state index contributed by atoms with van der Waals surface area (Å²) in [6.45, 7) is 13.1. The Morgan fingerprint density at radius 3 is 2.50 bits per heavy atom. The van der Waals surface area contributed by atoms with Crippen LogP contribution in [-0.4, -0.2) is 47.6 Å². The van der Waals surface area contributed by atoms with Crippen molar-refractivity contribution >= 4 is 11.8 Å². The third-order valence-electron chi connectivity index (χ3n) is 4.29. The third-order valence-corrected chi connectivity index (χ3v) is 5.37. The molecule has 0 spiro atoms. The minimum atomic E-state index is 0.698. The molecule has 2 nitrogen and oxygen atoms in total. The lowest BCUT2D eigenvalue weighted by Crippen LogP contribution is -2.59. The first-order valence-corrected chi connectivity index (χ1v) is 8.72. The summed E-state index contributed by atoms with van der Waals surface area (Å²) in [5.41, 5.74) is 0. The van der Waals surface area contributed by atoms with E-state index in [2.05, 4.69) is 49.7 Å². The zero-order valence-electron chi connectivity index (χ0n) is 12.5. The van der Waals surface area contributed by atoms with Gasteiger partial charge in [0.2, 0.25) is 0 Å². The molecule has 2 aliphatic rings. The van der Waals surface area contributed by atoms with Crippen molar-refractivity contribution in [1.82, 2.24) is 10.2 Å². The molecule has 1 saturated carbocycles. The van der Waals surface area contributed by atoms with E-state index < -0.39 is 0 Å². The first kappa shape index (κ1) is 14.7. The fourth-order valence-corrected chi connectivity index (χ4v) is 3.72. The zero-order valence-corrected chi connectivity index (χ0v) is 13.3. The molecule has 0 aromatic rings. The van der Waals surface area contributed by atoms with Crippen LogP contribution in [0.3, 0.4) is 0 Å². The lowest BCUT2D eigenvalue weighted by molar-refractivity contribution is 0.107. The van der Waals surface area contributed by atoms with Crippen molar-refractivity contribution in [2.24, 2.45) is 11.8 Å². The van der Waals surface area contributed by atoms with E-state index in [1.54, 1.807) is 0 Å². The van der Waals surface area contributed by atoms with E-state index in [1.165, 1.54) is 38.2 Å². The Kier molecular flexibility index (Phi) is 5.40. The minimum absolute atomic E-state index is 0.698. The Labute approximate surface area is 117 Å². The van der Waals surface area contributed by atoms with Crippen LogP contribution in [0.1, 0.15) is 40.5 Å². The molecule has 3 heteroatoms. The Balaban J connectivity index is 1.83. The monoisotopic (exact) mass is 270 g/mol.